The monoisotopic (exact) mass is 142 g/mol. The minimum Gasteiger partial charge on any atom is -0.184 e. The molecule has 0 aliphatic carbocycles. The Hall–Kier alpha value is 0.220. The predicted molar refractivity (Wildman–Crippen MR) is 39.4 cm³/mol. The van der Waals surface area contributed by atoms with Gasteiger partial charge in [0.25, 0.3) is 0 Å². The van der Waals surface area contributed by atoms with Gasteiger partial charge in [-0.05, 0) is 5.92 Å². The maximum atomic E-state index is 2.99. The summed E-state index contributed by atoms with van der Waals surface area (Å²) in [6, 6.07) is 11.1. The van der Waals surface area contributed by atoms with Crippen LogP contribution in [0.3, 0.4) is 0 Å². The Balaban J connectivity index is 0.000000810. The first-order valence-corrected chi connectivity index (χ1v) is 3.26. The molecule has 0 atom stereocenters. The molecule has 1 heteroatoms. The summed E-state index contributed by atoms with van der Waals surface area (Å²) in [5.74, 6) is 0.639. The number of benzene rings is 1. The fourth-order valence-corrected chi connectivity index (χ4v) is 0.785. The van der Waals surface area contributed by atoms with Gasteiger partial charge in [0.2, 0.25) is 0 Å². The summed E-state index contributed by atoms with van der Waals surface area (Å²) in [5.41, 5.74) is 1.38. The summed E-state index contributed by atoms with van der Waals surface area (Å²) >= 11 is 0. The second kappa shape index (κ2) is 4.95. The van der Waals surface area contributed by atoms with Crippen LogP contribution in [0.5, 0.6) is 0 Å². The van der Waals surface area contributed by atoms with Crippen LogP contribution in [0.15, 0.2) is 24.3 Å². The number of hydrogen-bond acceptors (Lipinski definition) is 0. The van der Waals surface area contributed by atoms with Crippen molar-refractivity contribution in [2.45, 2.75) is 19.8 Å². The molecule has 1 aromatic carbocycles. The standard InChI is InChI=1S/C9H11.Na/c1-8(2)9-6-4-3-5-7-9;/h4-8H,1-2H3;/q-1;+1. The summed E-state index contributed by atoms with van der Waals surface area (Å²) in [6.45, 7) is 4.38. The van der Waals surface area contributed by atoms with Gasteiger partial charge < -0.3 is 0 Å². The second-order valence-corrected chi connectivity index (χ2v) is 2.49. The van der Waals surface area contributed by atoms with Crippen molar-refractivity contribution in [3.8, 4) is 0 Å². The molecule has 0 nitrogen and oxygen atoms in total. The summed E-state index contributed by atoms with van der Waals surface area (Å²) in [5, 5.41) is 0. The predicted octanol–water partition coefficient (Wildman–Crippen LogP) is -0.386. The third-order valence-corrected chi connectivity index (χ3v) is 1.41. The van der Waals surface area contributed by atoms with Crippen LogP contribution in [0.1, 0.15) is 25.3 Å². The largest absolute Gasteiger partial charge is 1.00 e. The van der Waals surface area contributed by atoms with E-state index in [0.717, 1.165) is 0 Å². The van der Waals surface area contributed by atoms with Crippen molar-refractivity contribution in [3.05, 3.63) is 35.9 Å². The van der Waals surface area contributed by atoms with Crippen molar-refractivity contribution < 1.29 is 29.6 Å². The maximum Gasteiger partial charge on any atom is 1.00 e. The van der Waals surface area contributed by atoms with Crippen LogP contribution >= 0.6 is 0 Å². The first-order valence-electron chi connectivity index (χ1n) is 3.26. The van der Waals surface area contributed by atoms with Crippen LogP contribution in [-0.2, 0) is 0 Å². The minimum absolute atomic E-state index is 0. The van der Waals surface area contributed by atoms with Gasteiger partial charge >= 0.3 is 29.6 Å². The van der Waals surface area contributed by atoms with E-state index in [1.54, 1.807) is 0 Å². The van der Waals surface area contributed by atoms with E-state index >= 15 is 0 Å². The van der Waals surface area contributed by atoms with Crippen molar-refractivity contribution in [2.75, 3.05) is 0 Å². The van der Waals surface area contributed by atoms with Crippen LogP contribution < -0.4 is 29.6 Å². The Morgan fingerprint density at radius 3 is 2.00 bits per heavy atom. The zero-order valence-corrected chi connectivity index (χ0v) is 8.89. The second-order valence-electron chi connectivity index (χ2n) is 2.49. The van der Waals surface area contributed by atoms with Gasteiger partial charge in [0.1, 0.15) is 0 Å². The molecular weight excluding hydrogens is 131 g/mol. The zero-order valence-electron chi connectivity index (χ0n) is 6.89. The molecule has 0 aliphatic heterocycles. The topological polar surface area (TPSA) is 0 Å². The average molecular weight is 142 g/mol. The van der Waals surface area contributed by atoms with E-state index in [4.69, 9.17) is 0 Å². The molecular formula is C9H11Na. The van der Waals surface area contributed by atoms with Gasteiger partial charge in [-0.2, -0.15) is 35.9 Å². The fraction of sp³-hybridized carbons (Fsp3) is 0.333. The summed E-state index contributed by atoms with van der Waals surface area (Å²) in [4.78, 5) is 0. The maximum absolute atomic E-state index is 2.99. The molecule has 10 heavy (non-hydrogen) atoms. The van der Waals surface area contributed by atoms with Gasteiger partial charge in [0.15, 0.2) is 0 Å². The van der Waals surface area contributed by atoms with Crippen LogP contribution in [0.4, 0.5) is 0 Å². The van der Waals surface area contributed by atoms with Crippen molar-refractivity contribution in [3.63, 3.8) is 0 Å². The Bertz CT molecular complexity index is 167. The van der Waals surface area contributed by atoms with E-state index < -0.39 is 0 Å². The molecule has 1 aromatic rings. The quantitative estimate of drug-likeness (QED) is 0.370. The molecule has 0 N–H and O–H groups in total. The molecule has 0 saturated heterocycles. The summed E-state index contributed by atoms with van der Waals surface area (Å²) < 4.78 is 0. The van der Waals surface area contributed by atoms with Crippen molar-refractivity contribution in [1.29, 1.82) is 0 Å². The van der Waals surface area contributed by atoms with E-state index in [1.807, 2.05) is 12.1 Å². The van der Waals surface area contributed by atoms with E-state index in [0.29, 0.717) is 5.92 Å². The first kappa shape index (κ1) is 10.2. The van der Waals surface area contributed by atoms with E-state index in [1.165, 1.54) is 5.56 Å². The number of hydrogen-bond donors (Lipinski definition) is 0. The van der Waals surface area contributed by atoms with E-state index in [9.17, 15) is 0 Å². The van der Waals surface area contributed by atoms with Gasteiger partial charge in [-0.15, -0.1) is 0 Å². The molecule has 0 saturated carbocycles. The minimum atomic E-state index is 0. The summed E-state index contributed by atoms with van der Waals surface area (Å²) in [6.07, 6.45) is 0. The molecule has 0 fully saturated rings. The van der Waals surface area contributed by atoms with Crippen LogP contribution in [0, 0.1) is 6.07 Å². The molecule has 0 radical (unpaired) electrons. The van der Waals surface area contributed by atoms with Crippen LogP contribution in [0.25, 0.3) is 0 Å². The molecule has 0 amide bonds. The molecule has 48 valence electrons. The van der Waals surface area contributed by atoms with E-state index in [2.05, 4.69) is 32.0 Å². The van der Waals surface area contributed by atoms with Gasteiger partial charge in [0.05, 0.1) is 0 Å². The number of rotatable bonds is 1. The average Bonchev–Trinajstić information content (AvgIpc) is 1.90. The van der Waals surface area contributed by atoms with Crippen LogP contribution in [-0.4, -0.2) is 0 Å². The Labute approximate surface area is 84.9 Å². The Kier molecular flexibility index (Phi) is 5.06. The molecule has 0 spiro atoms. The third-order valence-electron chi connectivity index (χ3n) is 1.41. The fourth-order valence-electron chi connectivity index (χ4n) is 0.785. The Morgan fingerprint density at radius 2 is 1.70 bits per heavy atom. The zero-order chi connectivity index (χ0) is 6.69. The summed E-state index contributed by atoms with van der Waals surface area (Å²) in [7, 11) is 0. The molecule has 1 rings (SSSR count). The van der Waals surface area contributed by atoms with E-state index in [-0.39, 0.29) is 29.6 Å². The van der Waals surface area contributed by atoms with Gasteiger partial charge in [-0.25, -0.2) is 0 Å². The SMILES string of the molecule is CC(C)c1cc[c-]cc1.[Na+]. The molecule has 0 bridgehead atoms. The van der Waals surface area contributed by atoms with Crippen LogP contribution in [0.2, 0.25) is 0 Å². The van der Waals surface area contributed by atoms with Gasteiger partial charge in [-0.3, -0.25) is 0 Å². The van der Waals surface area contributed by atoms with Crippen molar-refractivity contribution in [1.82, 2.24) is 0 Å². The molecule has 0 aromatic heterocycles. The normalized spacial score (nSPS) is 9.10. The molecule has 0 aliphatic rings. The van der Waals surface area contributed by atoms with Gasteiger partial charge in [-0.1, -0.05) is 13.8 Å². The Morgan fingerprint density at radius 1 is 1.20 bits per heavy atom. The molecule has 0 unspecified atom stereocenters. The van der Waals surface area contributed by atoms with Crippen molar-refractivity contribution in [2.24, 2.45) is 0 Å². The molecule has 0 heterocycles. The van der Waals surface area contributed by atoms with Gasteiger partial charge in [0, 0.05) is 0 Å². The van der Waals surface area contributed by atoms with Crippen molar-refractivity contribution >= 4 is 0 Å². The first-order chi connectivity index (χ1) is 4.30. The third kappa shape index (κ3) is 2.87. The smallest absolute Gasteiger partial charge is 0.184 e.